The standard InChI is InChI=1S/C16H23N3O2/c1-11-14(12(2)19-16(21)18-11)8-9-15(20)17-10-13-6-4-3-5-7-13/h6H,3-5,7-10H2,1-2H3,(H,17,20)(H,18,19,21). The second-order valence-electron chi connectivity index (χ2n) is 5.62. The maximum absolute atomic E-state index is 11.9. The molecule has 1 amide bonds. The first-order valence-electron chi connectivity index (χ1n) is 7.57. The summed E-state index contributed by atoms with van der Waals surface area (Å²) in [5, 5.41) is 2.97. The van der Waals surface area contributed by atoms with Crippen LogP contribution in [0.2, 0.25) is 0 Å². The first kappa shape index (κ1) is 15.5. The lowest BCUT2D eigenvalue weighted by Gasteiger charge is -2.13. The minimum Gasteiger partial charge on any atom is -0.352 e. The molecule has 2 N–H and O–H groups in total. The summed E-state index contributed by atoms with van der Waals surface area (Å²) < 4.78 is 0. The van der Waals surface area contributed by atoms with Crippen molar-refractivity contribution in [1.29, 1.82) is 0 Å². The van der Waals surface area contributed by atoms with Crippen LogP contribution >= 0.6 is 0 Å². The van der Waals surface area contributed by atoms with Gasteiger partial charge in [0, 0.05) is 24.4 Å². The van der Waals surface area contributed by atoms with Crippen molar-refractivity contribution in [3.63, 3.8) is 0 Å². The Morgan fingerprint density at radius 2 is 2.19 bits per heavy atom. The lowest BCUT2D eigenvalue weighted by atomic mass is 9.99. The highest BCUT2D eigenvalue weighted by Gasteiger charge is 2.10. The van der Waals surface area contributed by atoms with Crippen molar-refractivity contribution in [2.45, 2.75) is 52.4 Å². The second kappa shape index (κ2) is 7.20. The summed E-state index contributed by atoms with van der Waals surface area (Å²) in [7, 11) is 0. The summed E-state index contributed by atoms with van der Waals surface area (Å²) in [6.07, 6.45) is 7.98. The van der Waals surface area contributed by atoms with Gasteiger partial charge in [-0.05, 0) is 51.5 Å². The Hall–Kier alpha value is -1.91. The molecular weight excluding hydrogens is 266 g/mol. The molecule has 0 saturated carbocycles. The van der Waals surface area contributed by atoms with Gasteiger partial charge in [-0.2, -0.15) is 4.98 Å². The molecule has 1 aliphatic rings. The summed E-state index contributed by atoms with van der Waals surface area (Å²) in [4.78, 5) is 29.7. The molecule has 0 aliphatic heterocycles. The average Bonchev–Trinajstić information content (AvgIpc) is 2.45. The number of carbonyl (C=O) groups excluding carboxylic acids is 1. The van der Waals surface area contributed by atoms with E-state index < -0.39 is 0 Å². The van der Waals surface area contributed by atoms with Gasteiger partial charge in [-0.3, -0.25) is 4.79 Å². The number of hydrogen-bond donors (Lipinski definition) is 2. The molecule has 0 aromatic carbocycles. The Morgan fingerprint density at radius 1 is 1.38 bits per heavy atom. The maximum Gasteiger partial charge on any atom is 0.345 e. The van der Waals surface area contributed by atoms with Crippen molar-refractivity contribution in [2.75, 3.05) is 6.54 Å². The third-order valence-corrected chi connectivity index (χ3v) is 3.95. The number of carbonyl (C=O) groups is 1. The smallest absolute Gasteiger partial charge is 0.345 e. The molecule has 21 heavy (non-hydrogen) atoms. The zero-order chi connectivity index (χ0) is 15.2. The Bertz CT molecular complexity index is 576. The third kappa shape index (κ3) is 4.55. The Labute approximate surface area is 124 Å². The predicted octanol–water partition coefficient (Wildman–Crippen LogP) is 1.94. The van der Waals surface area contributed by atoms with Gasteiger partial charge in [0.2, 0.25) is 5.91 Å². The highest BCUT2D eigenvalue weighted by atomic mass is 16.1. The van der Waals surface area contributed by atoms with Crippen LogP contribution in [0.25, 0.3) is 0 Å². The Balaban J connectivity index is 1.84. The molecule has 0 unspecified atom stereocenters. The molecule has 1 aromatic heterocycles. The molecule has 1 heterocycles. The van der Waals surface area contributed by atoms with Gasteiger partial charge in [0.15, 0.2) is 0 Å². The lowest BCUT2D eigenvalue weighted by molar-refractivity contribution is -0.120. The number of aryl methyl sites for hydroxylation is 2. The molecule has 0 bridgehead atoms. The molecule has 114 valence electrons. The van der Waals surface area contributed by atoms with Gasteiger partial charge in [-0.15, -0.1) is 0 Å². The van der Waals surface area contributed by atoms with Crippen LogP contribution in [0.4, 0.5) is 0 Å². The van der Waals surface area contributed by atoms with E-state index in [4.69, 9.17) is 0 Å². The summed E-state index contributed by atoms with van der Waals surface area (Å²) in [6, 6.07) is 0. The number of allylic oxidation sites excluding steroid dienone is 1. The van der Waals surface area contributed by atoms with Crippen LogP contribution in [0.15, 0.2) is 16.4 Å². The largest absolute Gasteiger partial charge is 0.352 e. The topological polar surface area (TPSA) is 74.8 Å². The van der Waals surface area contributed by atoms with Crippen molar-refractivity contribution >= 4 is 5.91 Å². The van der Waals surface area contributed by atoms with Crippen LogP contribution in [-0.2, 0) is 11.2 Å². The third-order valence-electron chi connectivity index (χ3n) is 3.95. The highest BCUT2D eigenvalue weighted by molar-refractivity contribution is 5.76. The molecule has 5 nitrogen and oxygen atoms in total. The van der Waals surface area contributed by atoms with Crippen LogP contribution in [0.1, 0.15) is 49.1 Å². The molecule has 1 aliphatic carbocycles. The second-order valence-corrected chi connectivity index (χ2v) is 5.62. The normalized spacial score (nSPS) is 14.7. The molecule has 0 saturated heterocycles. The van der Waals surface area contributed by atoms with Gasteiger partial charge < -0.3 is 10.3 Å². The van der Waals surface area contributed by atoms with Crippen LogP contribution in [0, 0.1) is 13.8 Å². The molecule has 5 heteroatoms. The molecule has 0 spiro atoms. The predicted molar refractivity (Wildman–Crippen MR) is 82.2 cm³/mol. The maximum atomic E-state index is 11.9. The SMILES string of the molecule is Cc1nc(=O)[nH]c(C)c1CCC(=O)NCC1=CCCCC1. The molecule has 0 radical (unpaired) electrons. The summed E-state index contributed by atoms with van der Waals surface area (Å²) in [6.45, 7) is 4.32. The number of aromatic nitrogens is 2. The molecule has 1 aromatic rings. The fourth-order valence-corrected chi connectivity index (χ4v) is 2.73. The van der Waals surface area contributed by atoms with E-state index in [2.05, 4.69) is 21.4 Å². The number of rotatable bonds is 5. The van der Waals surface area contributed by atoms with E-state index in [0.717, 1.165) is 24.1 Å². The number of H-pyrrole nitrogens is 1. The first-order chi connectivity index (χ1) is 10.1. The van der Waals surface area contributed by atoms with Crippen LogP contribution < -0.4 is 11.0 Å². The van der Waals surface area contributed by atoms with Gasteiger partial charge in [-0.1, -0.05) is 11.6 Å². The number of aromatic amines is 1. The van der Waals surface area contributed by atoms with Crippen molar-refractivity contribution < 1.29 is 4.79 Å². The fourth-order valence-electron chi connectivity index (χ4n) is 2.73. The zero-order valence-electron chi connectivity index (χ0n) is 12.8. The van der Waals surface area contributed by atoms with E-state index in [1.165, 1.54) is 18.4 Å². The fraction of sp³-hybridized carbons (Fsp3) is 0.562. The van der Waals surface area contributed by atoms with E-state index in [0.29, 0.717) is 25.1 Å². The zero-order valence-corrected chi connectivity index (χ0v) is 12.8. The van der Waals surface area contributed by atoms with Crippen LogP contribution in [0.3, 0.4) is 0 Å². The van der Waals surface area contributed by atoms with Gasteiger partial charge in [-0.25, -0.2) is 4.79 Å². The average molecular weight is 289 g/mol. The van der Waals surface area contributed by atoms with Crippen molar-refractivity contribution in [3.05, 3.63) is 39.1 Å². The van der Waals surface area contributed by atoms with E-state index in [-0.39, 0.29) is 11.6 Å². The Kier molecular flexibility index (Phi) is 5.31. The molecule has 2 rings (SSSR count). The van der Waals surface area contributed by atoms with E-state index in [1.807, 2.05) is 13.8 Å². The van der Waals surface area contributed by atoms with Gasteiger partial charge in [0.1, 0.15) is 0 Å². The minimum atomic E-state index is -0.331. The number of amides is 1. The number of nitrogens with one attached hydrogen (secondary N) is 2. The van der Waals surface area contributed by atoms with Crippen LogP contribution in [-0.4, -0.2) is 22.4 Å². The highest BCUT2D eigenvalue weighted by Crippen LogP contribution is 2.16. The molecular formula is C16H23N3O2. The minimum absolute atomic E-state index is 0.0477. The number of nitrogens with zero attached hydrogens (tertiary/aromatic N) is 1. The van der Waals surface area contributed by atoms with Gasteiger partial charge in [0.25, 0.3) is 0 Å². The van der Waals surface area contributed by atoms with Crippen molar-refractivity contribution in [3.8, 4) is 0 Å². The Morgan fingerprint density at radius 3 is 2.86 bits per heavy atom. The van der Waals surface area contributed by atoms with E-state index in [1.54, 1.807) is 0 Å². The van der Waals surface area contributed by atoms with Crippen molar-refractivity contribution in [2.24, 2.45) is 0 Å². The monoisotopic (exact) mass is 289 g/mol. The molecule has 0 fully saturated rings. The first-order valence-corrected chi connectivity index (χ1v) is 7.57. The van der Waals surface area contributed by atoms with Crippen LogP contribution in [0.5, 0.6) is 0 Å². The van der Waals surface area contributed by atoms with Gasteiger partial charge in [0.05, 0.1) is 0 Å². The van der Waals surface area contributed by atoms with E-state index >= 15 is 0 Å². The summed E-state index contributed by atoms with van der Waals surface area (Å²) in [5.74, 6) is 0.0477. The summed E-state index contributed by atoms with van der Waals surface area (Å²) >= 11 is 0. The number of hydrogen-bond acceptors (Lipinski definition) is 3. The van der Waals surface area contributed by atoms with Gasteiger partial charge >= 0.3 is 5.69 Å². The summed E-state index contributed by atoms with van der Waals surface area (Å²) in [5.41, 5.74) is 3.48. The van der Waals surface area contributed by atoms with Crippen molar-refractivity contribution in [1.82, 2.24) is 15.3 Å². The van der Waals surface area contributed by atoms with E-state index in [9.17, 15) is 9.59 Å². The molecule has 0 atom stereocenters. The lowest BCUT2D eigenvalue weighted by Crippen LogP contribution is -2.26. The quantitative estimate of drug-likeness (QED) is 0.813.